The Morgan fingerprint density at radius 1 is 1.19 bits per heavy atom. The Kier molecular flexibility index (Phi) is 6.20. The van der Waals surface area contributed by atoms with Gasteiger partial charge in [-0.05, 0) is 24.0 Å². The number of hydrogen-bond acceptors (Lipinski definition) is 8. The average molecular weight is 439 g/mol. The lowest BCUT2D eigenvalue weighted by Crippen LogP contribution is -2.43. The van der Waals surface area contributed by atoms with Gasteiger partial charge in [-0.3, -0.25) is 9.69 Å². The van der Waals surface area contributed by atoms with Crippen LogP contribution >= 0.6 is 0 Å². The van der Waals surface area contributed by atoms with Crippen LogP contribution in [0.4, 0.5) is 11.8 Å². The zero-order valence-electron chi connectivity index (χ0n) is 18.2. The number of nitrogens with zero attached hydrogens (tertiary/aromatic N) is 4. The van der Waals surface area contributed by atoms with Crippen molar-refractivity contribution in [2.24, 2.45) is 0 Å². The minimum Gasteiger partial charge on any atom is -0.390 e. The number of benzene rings is 1. The minimum absolute atomic E-state index is 0.180. The number of carbonyl (C=O) groups is 1. The Balaban J connectivity index is 1.17. The van der Waals surface area contributed by atoms with Gasteiger partial charge in [-0.25, -0.2) is 4.98 Å². The van der Waals surface area contributed by atoms with Gasteiger partial charge in [0.2, 0.25) is 5.95 Å². The zero-order valence-corrected chi connectivity index (χ0v) is 18.2. The van der Waals surface area contributed by atoms with E-state index in [0.29, 0.717) is 37.2 Å². The standard InChI is InChI=1S/C23H30N6O3/c30-19(13-28-9-6-16-4-1-2-5-17(16)12-28)11-24-22(31)20-10-21(25-18-14-32-15-18)27-23(26-20)29-7-3-8-29/h1-2,4-5,10,18-19,30H,3,6-9,11-15H2,(H,24,31)(H,25,26,27). The number of aliphatic hydroxyl groups excluding tert-OH is 1. The van der Waals surface area contributed by atoms with Crippen molar-refractivity contribution in [1.82, 2.24) is 20.2 Å². The smallest absolute Gasteiger partial charge is 0.270 e. The number of nitrogens with one attached hydrogen (secondary N) is 2. The van der Waals surface area contributed by atoms with E-state index in [-0.39, 0.29) is 18.5 Å². The molecule has 3 aliphatic heterocycles. The lowest BCUT2D eigenvalue weighted by molar-refractivity contribution is 0.0209. The van der Waals surface area contributed by atoms with Crippen LogP contribution in [0.3, 0.4) is 0 Å². The van der Waals surface area contributed by atoms with Crippen LogP contribution in [0.25, 0.3) is 0 Å². The molecule has 0 radical (unpaired) electrons. The fourth-order valence-electron chi connectivity index (χ4n) is 4.18. The molecule has 170 valence electrons. The number of fused-ring (bicyclic) bond motifs is 1. The van der Waals surface area contributed by atoms with E-state index in [2.05, 4.69) is 54.7 Å². The molecular formula is C23H30N6O3. The summed E-state index contributed by atoms with van der Waals surface area (Å²) in [5.41, 5.74) is 3.00. The first-order valence-electron chi connectivity index (χ1n) is 11.4. The Morgan fingerprint density at radius 3 is 2.72 bits per heavy atom. The zero-order chi connectivity index (χ0) is 21.9. The van der Waals surface area contributed by atoms with Gasteiger partial charge in [0, 0.05) is 45.3 Å². The lowest BCUT2D eigenvalue weighted by atomic mass is 10.00. The van der Waals surface area contributed by atoms with E-state index < -0.39 is 6.10 Å². The van der Waals surface area contributed by atoms with Gasteiger partial charge in [-0.2, -0.15) is 4.98 Å². The number of anilines is 2. The molecule has 0 aliphatic carbocycles. The first kappa shape index (κ1) is 21.1. The van der Waals surface area contributed by atoms with E-state index >= 15 is 0 Å². The molecular weight excluding hydrogens is 408 g/mol. The second-order valence-corrected chi connectivity index (χ2v) is 8.78. The van der Waals surface area contributed by atoms with Crippen LogP contribution in [-0.4, -0.2) is 84.0 Å². The maximum atomic E-state index is 12.8. The average Bonchev–Trinajstić information content (AvgIpc) is 2.73. The number of ether oxygens (including phenoxy) is 1. The van der Waals surface area contributed by atoms with E-state index in [0.717, 1.165) is 39.0 Å². The van der Waals surface area contributed by atoms with Crippen molar-refractivity contribution in [2.45, 2.75) is 31.5 Å². The summed E-state index contributed by atoms with van der Waals surface area (Å²) in [6, 6.07) is 10.3. The van der Waals surface area contributed by atoms with Crippen LogP contribution in [0.15, 0.2) is 30.3 Å². The molecule has 2 fully saturated rings. The van der Waals surface area contributed by atoms with Gasteiger partial charge < -0.3 is 25.4 Å². The fourth-order valence-corrected chi connectivity index (χ4v) is 4.18. The Labute approximate surface area is 187 Å². The molecule has 5 rings (SSSR count). The Hall–Kier alpha value is -2.75. The molecule has 3 N–H and O–H groups in total. The monoisotopic (exact) mass is 438 g/mol. The summed E-state index contributed by atoms with van der Waals surface area (Å²) < 4.78 is 5.21. The van der Waals surface area contributed by atoms with Crippen molar-refractivity contribution >= 4 is 17.7 Å². The molecule has 0 spiro atoms. The van der Waals surface area contributed by atoms with Crippen LogP contribution in [0.1, 0.15) is 28.0 Å². The maximum absolute atomic E-state index is 12.8. The van der Waals surface area contributed by atoms with Crippen LogP contribution in [0.2, 0.25) is 0 Å². The second-order valence-electron chi connectivity index (χ2n) is 8.78. The van der Waals surface area contributed by atoms with E-state index in [1.54, 1.807) is 6.07 Å². The van der Waals surface area contributed by atoms with Gasteiger partial charge in [0.1, 0.15) is 11.5 Å². The largest absolute Gasteiger partial charge is 0.390 e. The number of rotatable bonds is 8. The third-order valence-electron chi connectivity index (χ3n) is 6.25. The predicted octanol–water partition coefficient (Wildman–Crippen LogP) is 0.646. The molecule has 1 amide bonds. The number of amides is 1. The molecule has 2 aromatic rings. The highest BCUT2D eigenvalue weighted by Gasteiger charge is 2.24. The molecule has 9 nitrogen and oxygen atoms in total. The highest BCUT2D eigenvalue weighted by molar-refractivity contribution is 5.93. The summed E-state index contributed by atoms with van der Waals surface area (Å²) in [5, 5.41) is 16.7. The maximum Gasteiger partial charge on any atom is 0.270 e. The van der Waals surface area contributed by atoms with Crippen LogP contribution < -0.4 is 15.5 Å². The SMILES string of the molecule is O=C(NCC(O)CN1CCc2ccccc2C1)c1cc(NC2COC2)nc(N2CCC2)n1. The van der Waals surface area contributed by atoms with Gasteiger partial charge in [-0.1, -0.05) is 24.3 Å². The van der Waals surface area contributed by atoms with Crippen molar-refractivity contribution < 1.29 is 14.6 Å². The first-order chi connectivity index (χ1) is 15.6. The molecule has 1 atom stereocenters. The Morgan fingerprint density at radius 2 is 2.00 bits per heavy atom. The molecule has 1 aromatic heterocycles. The summed E-state index contributed by atoms with van der Waals surface area (Å²) in [4.78, 5) is 26.1. The molecule has 0 bridgehead atoms. The van der Waals surface area contributed by atoms with Crippen LogP contribution in [-0.2, 0) is 17.7 Å². The summed E-state index contributed by atoms with van der Waals surface area (Å²) in [5.74, 6) is 0.900. The molecule has 1 unspecified atom stereocenters. The molecule has 0 saturated carbocycles. The highest BCUT2D eigenvalue weighted by atomic mass is 16.5. The van der Waals surface area contributed by atoms with Crippen molar-refractivity contribution in [2.75, 3.05) is 56.2 Å². The summed E-state index contributed by atoms with van der Waals surface area (Å²) in [7, 11) is 0. The number of hydrogen-bond donors (Lipinski definition) is 3. The van der Waals surface area contributed by atoms with E-state index in [4.69, 9.17) is 4.74 Å². The summed E-state index contributed by atoms with van der Waals surface area (Å²) in [6.07, 6.45) is 1.44. The van der Waals surface area contributed by atoms with Crippen molar-refractivity contribution in [1.29, 1.82) is 0 Å². The van der Waals surface area contributed by atoms with E-state index in [1.165, 1.54) is 11.1 Å². The number of carbonyl (C=O) groups excluding carboxylic acids is 1. The van der Waals surface area contributed by atoms with Crippen molar-refractivity contribution in [3.63, 3.8) is 0 Å². The van der Waals surface area contributed by atoms with Crippen LogP contribution in [0.5, 0.6) is 0 Å². The minimum atomic E-state index is -0.648. The molecule has 3 aliphatic rings. The third-order valence-corrected chi connectivity index (χ3v) is 6.25. The number of aromatic nitrogens is 2. The number of aliphatic hydroxyl groups is 1. The predicted molar refractivity (Wildman–Crippen MR) is 121 cm³/mol. The topological polar surface area (TPSA) is 103 Å². The molecule has 32 heavy (non-hydrogen) atoms. The third kappa shape index (κ3) is 4.85. The fraction of sp³-hybridized carbons (Fsp3) is 0.522. The van der Waals surface area contributed by atoms with Crippen molar-refractivity contribution in [3.8, 4) is 0 Å². The molecule has 4 heterocycles. The van der Waals surface area contributed by atoms with Gasteiger partial charge in [0.25, 0.3) is 5.91 Å². The van der Waals surface area contributed by atoms with Crippen molar-refractivity contribution in [3.05, 3.63) is 47.2 Å². The Bertz CT molecular complexity index is 962. The molecule has 9 heteroatoms. The van der Waals surface area contributed by atoms with Gasteiger partial charge in [0.15, 0.2) is 0 Å². The van der Waals surface area contributed by atoms with Crippen LogP contribution in [0, 0.1) is 0 Å². The highest BCUT2D eigenvalue weighted by Crippen LogP contribution is 2.21. The first-order valence-corrected chi connectivity index (χ1v) is 11.4. The summed E-state index contributed by atoms with van der Waals surface area (Å²) in [6.45, 7) is 5.50. The number of β-amino-alcohol motifs (C(OH)–C–C–N with tert-alkyl or cyclic N) is 1. The normalized spacial score (nSPS) is 19.5. The molecule has 1 aromatic carbocycles. The second kappa shape index (κ2) is 9.40. The van der Waals surface area contributed by atoms with Gasteiger partial charge >= 0.3 is 0 Å². The molecule has 2 saturated heterocycles. The van der Waals surface area contributed by atoms with Gasteiger partial charge in [-0.15, -0.1) is 0 Å². The van der Waals surface area contributed by atoms with Gasteiger partial charge in [0.05, 0.1) is 25.4 Å². The van der Waals surface area contributed by atoms with E-state index in [1.807, 2.05) is 0 Å². The quantitative estimate of drug-likeness (QED) is 0.552. The van der Waals surface area contributed by atoms with E-state index in [9.17, 15) is 9.90 Å². The lowest BCUT2D eigenvalue weighted by Gasteiger charge is -2.32. The summed E-state index contributed by atoms with van der Waals surface area (Å²) >= 11 is 0.